The summed E-state index contributed by atoms with van der Waals surface area (Å²) in [7, 11) is 2.71. The van der Waals surface area contributed by atoms with Gasteiger partial charge in [-0.1, -0.05) is 65.7 Å². The molecule has 0 aliphatic rings. The van der Waals surface area contributed by atoms with E-state index in [1.54, 1.807) is 32.4 Å². The molecule has 0 unspecified atom stereocenters. The molecular weight excluding hydrogens is 450 g/mol. The van der Waals surface area contributed by atoms with E-state index in [4.69, 9.17) is 21.8 Å². The Kier molecular flexibility index (Phi) is 9.16. The van der Waals surface area contributed by atoms with Crippen molar-refractivity contribution in [1.29, 1.82) is 0 Å². The summed E-state index contributed by atoms with van der Waals surface area (Å²) in [5, 5.41) is 19.6. The molecule has 0 atom stereocenters. The van der Waals surface area contributed by atoms with Crippen LogP contribution in [0.4, 0.5) is 0 Å². The van der Waals surface area contributed by atoms with Gasteiger partial charge in [0.2, 0.25) is 0 Å². The Hall–Kier alpha value is -2.99. The van der Waals surface area contributed by atoms with Crippen LogP contribution in [0, 0.1) is 6.92 Å². The lowest BCUT2D eigenvalue weighted by molar-refractivity contribution is -0.107. The zero-order valence-corrected chi connectivity index (χ0v) is 21.3. The maximum Gasteiger partial charge on any atom is 0.258 e. The lowest BCUT2D eigenvalue weighted by Crippen LogP contribution is -2.22. The molecule has 0 aliphatic carbocycles. The van der Waals surface area contributed by atoms with Crippen LogP contribution in [0.15, 0.2) is 59.4 Å². The Bertz CT molecular complexity index is 1360. The van der Waals surface area contributed by atoms with E-state index in [0.29, 0.717) is 16.1 Å². The van der Waals surface area contributed by atoms with Crippen molar-refractivity contribution < 1.29 is 15.0 Å². The smallest absolute Gasteiger partial charge is 0.258 e. The van der Waals surface area contributed by atoms with Gasteiger partial charge in [0, 0.05) is 48.2 Å². The van der Waals surface area contributed by atoms with E-state index in [0.717, 1.165) is 46.2 Å². The number of benzene rings is 3. The van der Waals surface area contributed by atoms with Crippen LogP contribution in [0.5, 0.6) is 0 Å². The fraction of sp³-hybridized carbons (Fsp3) is 0.286. The van der Waals surface area contributed by atoms with Gasteiger partial charge in [-0.15, -0.1) is 0 Å². The van der Waals surface area contributed by atoms with Crippen LogP contribution >= 0.6 is 11.6 Å². The van der Waals surface area contributed by atoms with Gasteiger partial charge in [0.15, 0.2) is 0 Å². The number of aliphatic hydroxyl groups is 2. The summed E-state index contributed by atoms with van der Waals surface area (Å²) in [6.45, 7) is 7.19. The molecule has 0 spiro atoms. The van der Waals surface area contributed by atoms with Crippen molar-refractivity contribution in [2.75, 3.05) is 7.11 Å². The van der Waals surface area contributed by atoms with Gasteiger partial charge in [0.1, 0.15) is 6.29 Å². The molecule has 0 saturated carbocycles. The molecule has 0 amide bonds. The van der Waals surface area contributed by atoms with Crippen LogP contribution in [-0.4, -0.2) is 33.8 Å². The number of aliphatic hydroxyl groups excluding tert-OH is 1. The number of carbonyl (C=O) groups is 1. The average Bonchev–Trinajstić information content (AvgIpc) is 2.79. The second-order valence-electron chi connectivity index (χ2n) is 8.92. The standard InChI is InChI=1S/C23H18ClNO2.C4H10O.CH4O/c1-14-7-9-17-19(13-14)23(27)25(2)20(11-12-26)21(17)18-10-8-15-5-3-4-6-16(15)22(18)24;1-4(2,3)5;1-2/h3-10,12-13H,11H2,1-2H3;5H,1-3H3;2H,1H3. The molecule has 34 heavy (non-hydrogen) atoms. The van der Waals surface area contributed by atoms with Crippen LogP contribution in [0.25, 0.3) is 32.7 Å². The predicted octanol–water partition coefficient (Wildman–Crippen LogP) is 5.45. The van der Waals surface area contributed by atoms with E-state index in [1.807, 2.05) is 61.5 Å². The van der Waals surface area contributed by atoms with Crippen molar-refractivity contribution in [2.24, 2.45) is 7.05 Å². The quantitative estimate of drug-likeness (QED) is 0.381. The first-order valence-corrected chi connectivity index (χ1v) is 11.3. The van der Waals surface area contributed by atoms with Crippen molar-refractivity contribution in [2.45, 2.75) is 39.7 Å². The summed E-state index contributed by atoms with van der Waals surface area (Å²) in [5.74, 6) is 0. The summed E-state index contributed by atoms with van der Waals surface area (Å²) < 4.78 is 1.57. The van der Waals surface area contributed by atoms with Crippen molar-refractivity contribution in [3.63, 3.8) is 0 Å². The molecule has 0 saturated heterocycles. The number of fused-ring (bicyclic) bond motifs is 2. The van der Waals surface area contributed by atoms with E-state index >= 15 is 0 Å². The number of rotatable bonds is 3. The molecular formula is C28H32ClNO4. The molecule has 0 bridgehead atoms. The summed E-state index contributed by atoms with van der Waals surface area (Å²) in [6.07, 6.45) is 0.974. The van der Waals surface area contributed by atoms with Gasteiger partial charge in [-0.3, -0.25) is 4.79 Å². The number of aldehydes is 1. The molecule has 2 N–H and O–H groups in total. The highest BCUT2D eigenvalue weighted by molar-refractivity contribution is 6.38. The number of aromatic nitrogens is 1. The molecule has 1 aromatic heterocycles. The number of hydrogen-bond acceptors (Lipinski definition) is 4. The van der Waals surface area contributed by atoms with Crippen LogP contribution in [-0.2, 0) is 18.3 Å². The third-order valence-corrected chi connectivity index (χ3v) is 5.49. The Morgan fingerprint density at radius 3 is 2.21 bits per heavy atom. The van der Waals surface area contributed by atoms with Gasteiger partial charge in [0.25, 0.3) is 5.56 Å². The van der Waals surface area contributed by atoms with E-state index in [2.05, 4.69) is 0 Å². The fourth-order valence-corrected chi connectivity index (χ4v) is 4.05. The lowest BCUT2D eigenvalue weighted by atomic mass is 9.93. The van der Waals surface area contributed by atoms with E-state index < -0.39 is 5.60 Å². The van der Waals surface area contributed by atoms with Crippen molar-refractivity contribution in [3.05, 3.63) is 81.2 Å². The molecule has 0 aliphatic heterocycles. The van der Waals surface area contributed by atoms with Gasteiger partial charge >= 0.3 is 0 Å². The molecule has 3 aromatic carbocycles. The zero-order chi connectivity index (χ0) is 25.6. The van der Waals surface area contributed by atoms with Gasteiger partial charge in [0.05, 0.1) is 10.6 Å². The maximum absolute atomic E-state index is 12.9. The Balaban J connectivity index is 0.000000520. The summed E-state index contributed by atoms with van der Waals surface area (Å²) >= 11 is 6.80. The van der Waals surface area contributed by atoms with Crippen LogP contribution in [0.1, 0.15) is 32.0 Å². The highest BCUT2D eigenvalue weighted by Gasteiger charge is 2.19. The Morgan fingerprint density at radius 1 is 0.971 bits per heavy atom. The van der Waals surface area contributed by atoms with Crippen LogP contribution < -0.4 is 5.56 Å². The molecule has 6 heteroatoms. The number of aryl methyl sites for hydroxylation is 1. The SMILES string of the molecule is CC(C)(C)O.CO.Cc1ccc2c(-c3ccc4ccccc4c3Cl)c(CC=O)n(C)c(=O)c2c1. The van der Waals surface area contributed by atoms with E-state index in [-0.39, 0.29) is 12.0 Å². The zero-order valence-electron chi connectivity index (χ0n) is 20.5. The number of pyridine rings is 1. The monoisotopic (exact) mass is 481 g/mol. The average molecular weight is 482 g/mol. The molecule has 4 aromatic rings. The molecule has 0 radical (unpaired) electrons. The number of carbonyl (C=O) groups excluding carboxylic acids is 1. The largest absolute Gasteiger partial charge is 0.400 e. The first-order valence-electron chi connectivity index (χ1n) is 10.9. The maximum atomic E-state index is 12.9. The van der Waals surface area contributed by atoms with Gasteiger partial charge in [-0.2, -0.15) is 0 Å². The van der Waals surface area contributed by atoms with Crippen molar-refractivity contribution >= 4 is 39.4 Å². The summed E-state index contributed by atoms with van der Waals surface area (Å²) in [6, 6.07) is 17.7. The second-order valence-corrected chi connectivity index (χ2v) is 9.30. The molecule has 0 fully saturated rings. The first kappa shape index (κ1) is 27.3. The van der Waals surface area contributed by atoms with Gasteiger partial charge in [-0.25, -0.2) is 0 Å². The summed E-state index contributed by atoms with van der Waals surface area (Å²) in [5.41, 5.74) is 2.75. The highest BCUT2D eigenvalue weighted by atomic mass is 35.5. The van der Waals surface area contributed by atoms with Crippen molar-refractivity contribution in [1.82, 2.24) is 4.57 Å². The fourth-order valence-electron chi connectivity index (χ4n) is 3.72. The van der Waals surface area contributed by atoms with Crippen molar-refractivity contribution in [3.8, 4) is 11.1 Å². The Labute approximate surface area is 205 Å². The molecule has 1 heterocycles. The minimum absolute atomic E-state index is 0.105. The van der Waals surface area contributed by atoms with E-state index in [1.165, 1.54) is 0 Å². The first-order chi connectivity index (χ1) is 16.0. The topological polar surface area (TPSA) is 79.5 Å². The molecule has 4 rings (SSSR count). The second kappa shape index (κ2) is 11.4. The third kappa shape index (κ3) is 6.11. The highest BCUT2D eigenvalue weighted by Crippen LogP contribution is 2.39. The Morgan fingerprint density at radius 2 is 1.59 bits per heavy atom. The number of hydrogen-bond donors (Lipinski definition) is 2. The third-order valence-electron chi connectivity index (χ3n) is 5.08. The van der Waals surface area contributed by atoms with Gasteiger partial charge in [-0.05, 0) is 44.5 Å². The molecule has 180 valence electrons. The number of nitrogens with zero attached hydrogens (tertiary/aromatic N) is 1. The van der Waals surface area contributed by atoms with Crippen LogP contribution in [0.3, 0.4) is 0 Å². The minimum atomic E-state index is -0.500. The predicted molar refractivity (Wildman–Crippen MR) is 142 cm³/mol. The molecule has 5 nitrogen and oxygen atoms in total. The van der Waals surface area contributed by atoms with E-state index in [9.17, 15) is 9.59 Å². The van der Waals surface area contributed by atoms with Crippen LogP contribution in [0.2, 0.25) is 5.02 Å². The normalized spacial score (nSPS) is 10.9. The minimum Gasteiger partial charge on any atom is -0.400 e. The lowest BCUT2D eigenvalue weighted by Gasteiger charge is -2.18. The van der Waals surface area contributed by atoms with Gasteiger partial charge < -0.3 is 19.6 Å². The summed E-state index contributed by atoms with van der Waals surface area (Å²) in [4.78, 5) is 24.2. The number of halogens is 1.